The first-order valence-corrected chi connectivity index (χ1v) is 10.4. The van der Waals surface area contributed by atoms with Gasteiger partial charge in [-0.2, -0.15) is 0 Å². The third-order valence-corrected chi connectivity index (χ3v) is 4.78. The molecule has 1 aliphatic heterocycles. The van der Waals surface area contributed by atoms with Crippen molar-refractivity contribution in [2.45, 2.75) is 39.3 Å². The summed E-state index contributed by atoms with van der Waals surface area (Å²) in [6.07, 6.45) is 3.20. The largest absolute Gasteiger partial charge is 0.443 e. The van der Waals surface area contributed by atoms with Crippen LogP contribution in [-0.2, 0) is 16.1 Å². The molecule has 0 atom stereocenters. The average molecular weight is 439 g/mol. The molecule has 0 spiro atoms. The summed E-state index contributed by atoms with van der Waals surface area (Å²) in [4.78, 5) is 31.3. The molecule has 2 amide bonds. The minimum absolute atomic E-state index is 0.212. The van der Waals surface area contributed by atoms with Crippen LogP contribution in [0, 0.1) is 0 Å². The maximum Gasteiger partial charge on any atom is 0.417 e. The van der Waals surface area contributed by atoms with Gasteiger partial charge in [0.15, 0.2) is 0 Å². The van der Waals surface area contributed by atoms with Crippen molar-refractivity contribution in [3.63, 3.8) is 0 Å². The molecule has 2 heterocycles. The lowest BCUT2D eigenvalue weighted by Crippen LogP contribution is -2.47. The number of ether oxygens (including phenoxy) is 1. The molecule has 2 aromatic rings. The predicted octanol–water partition coefficient (Wildman–Crippen LogP) is 4.03. The van der Waals surface area contributed by atoms with Crippen LogP contribution in [-0.4, -0.2) is 39.0 Å². The number of hydrogen-bond donors (Lipinski definition) is 2. The lowest BCUT2D eigenvalue weighted by Gasteiger charge is -2.31. The number of anilines is 1. The quantitative estimate of drug-likeness (QED) is 0.682. The lowest BCUT2D eigenvalue weighted by atomic mass is 10.0. The van der Waals surface area contributed by atoms with Gasteiger partial charge in [0.05, 0.1) is 5.57 Å². The number of thiocarbonyl (C=S) groups is 1. The molecule has 0 saturated carbocycles. The highest BCUT2D eigenvalue weighted by Crippen LogP contribution is 2.23. The van der Waals surface area contributed by atoms with Gasteiger partial charge in [0.2, 0.25) is 0 Å². The molecule has 1 aromatic carbocycles. The minimum Gasteiger partial charge on any atom is -0.443 e. The normalized spacial score (nSPS) is 14.3. The van der Waals surface area contributed by atoms with Crippen molar-refractivity contribution >= 4 is 34.9 Å². The van der Waals surface area contributed by atoms with E-state index < -0.39 is 17.6 Å². The number of aromatic nitrogens is 1. The van der Waals surface area contributed by atoms with Crippen LogP contribution >= 0.6 is 12.2 Å². The fraction of sp³-hybridized carbons (Fsp3) is 0.304. The summed E-state index contributed by atoms with van der Waals surface area (Å²) >= 11 is 5.57. The molecule has 2 N–H and O–H groups in total. The van der Waals surface area contributed by atoms with Crippen LogP contribution in [0.3, 0.4) is 0 Å². The fourth-order valence-electron chi connectivity index (χ4n) is 3.04. The van der Waals surface area contributed by atoms with E-state index in [0.29, 0.717) is 18.7 Å². The second-order valence-electron chi connectivity index (χ2n) is 8.07. The van der Waals surface area contributed by atoms with E-state index >= 15 is 0 Å². The number of pyridine rings is 1. The number of imide groups is 1. The van der Waals surface area contributed by atoms with Gasteiger partial charge >= 0.3 is 6.09 Å². The summed E-state index contributed by atoms with van der Waals surface area (Å²) in [7, 11) is 0. The number of nitrogens with one attached hydrogen (secondary N) is 2. The van der Waals surface area contributed by atoms with Crippen LogP contribution in [0.5, 0.6) is 0 Å². The Morgan fingerprint density at radius 1 is 1.16 bits per heavy atom. The SMILES string of the molecule is CC(C)(C)OC(=O)N1CCC(NCc2ccncc2)=C(C(=S)Nc2ccccc2)C1=O. The van der Waals surface area contributed by atoms with E-state index in [0.717, 1.165) is 16.2 Å². The zero-order valence-electron chi connectivity index (χ0n) is 17.8. The number of hydrogen-bond acceptors (Lipinski definition) is 6. The van der Waals surface area contributed by atoms with Crippen LogP contribution < -0.4 is 10.6 Å². The average Bonchev–Trinajstić information content (AvgIpc) is 2.72. The molecule has 31 heavy (non-hydrogen) atoms. The van der Waals surface area contributed by atoms with E-state index in [-0.39, 0.29) is 17.1 Å². The maximum atomic E-state index is 13.3. The Labute approximate surface area is 187 Å². The van der Waals surface area contributed by atoms with Crippen molar-refractivity contribution < 1.29 is 14.3 Å². The molecule has 162 valence electrons. The Hall–Kier alpha value is -3.26. The maximum absolute atomic E-state index is 13.3. The summed E-state index contributed by atoms with van der Waals surface area (Å²) in [6, 6.07) is 13.1. The Kier molecular flexibility index (Phi) is 7.02. The van der Waals surface area contributed by atoms with Gasteiger partial charge in [-0.15, -0.1) is 0 Å². The van der Waals surface area contributed by atoms with Gasteiger partial charge in [-0.25, -0.2) is 9.69 Å². The van der Waals surface area contributed by atoms with Gasteiger partial charge in [-0.1, -0.05) is 30.4 Å². The van der Waals surface area contributed by atoms with Gasteiger partial charge < -0.3 is 15.4 Å². The summed E-state index contributed by atoms with van der Waals surface area (Å²) in [5.41, 5.74) is 2.03. The first kappa shape index (κ1) is 22.4. The molecule has 0 fully saturated rings. The van der Waals surface area contributed by atoms with Crippen LogP contribution in [0.2, 0.25) is 0 Å². The van der Waals surface area contributed by atoms with Crippen molar-refractivity contribution in [1.29, 1.82) is 0 Å². The Balaban J connectivity index is 1.86. The number of amides is 2. The molecular formula is C23H26N4O3S. The number of rotatable bonds is 5. The van der Waals surface area contributed by atoms with Crippen molar-refractivity contribution in [2.24, 2.45) is 0 Å². The van der Waals surface area contributed by atoms with E-state index in [4.69, 9.17) is 17.0 Å². The molecule has 3 rings (SSSR count). The van der Waals surface area contributed by atoms with E-state index in [9.17, 15) is 9.59 Å². The number of benzene rings is 1. The summed E-state index contributed by atoms with van der Waals surface area (Å²) in [6.45, 7) is 6.01. The highest BCUT2D eigenvalue weighted by molar-refractivity contribution is 7.81. The van der Waals surface area contributed by atoms with Crippen molar-refractivity contribution in [3.05, 3.63) is 71.7 Å². The van der Waals surface area contributed by atoms with Crippen LogP contribution in [0.4, 0.5) is 10.5 Å². The lowest BCUT2D eigenvalue weighted by molar-refractivity contribution is -0.126. The summed E-state index contributed by atoms with van der Waals surface area (Å²) in [5, 5.41) is 6.42. The monoisotopic (exact) mass is 438 g/mol. The molecule has 1 aromatic heterocycles. The van der Waals surface area contributed by atoms with Gasteiger partial charge in [-0.3, -0.25) is 9.78 Å². The number of carbonyl (C=O) groups excluding carboxylic acids is 2. The molecule has 0 bridgehead atoms. The highest BCUT2D eigenvalue weighted by Gasteiger charge is 2.36. The molecule has 0 saturated heterocycles. The Morgan fingerprint density at radius 3 is 2.48 bits per heavy atom. The molecule has 7 nitrogen and oxygen atoms in total. The number of carbonyl (C=O) groups is 2. The molecule has 0 unspecified atom stereocenters. The predicted molar refractivity (Wildman–Crippen MR) is 123 cm³/mol. The van der Waals surface area contributed by atoms with E-state index in [1.165, 1.54) is 0 Å². The zero-order chi connectivity index (χ0) is 22.4. The number of para-hydroxylation sites is 1. The second kappa shape index (κ2) is 9.70. The molecule has 8 heteroatoms. The Morgan fingerprint density at radius 2 is 1.84 bits per heavy atom. The van der Waals surface area contributed by atoms with Gasteiger partial charge in [0, 0.05) is 43.3 Å². The van der Waals surface area contributed by atoms with Crippen molar-refractivity contribution in [2.75, 3.05) is 11.9 Å². The van der Waals surface area contributed by atoms with E-state index in [1.807, 2.05) is 42.5 Å². The van der Waals surface area contributed by atoms with Crippen LogP contribution in [0.15, 0.2) is 66.1 Å². The fourth-order valence-corrected chi connectivity index (χ4v) is 3.37. The van der Waals surface area contributed by atoms with Gasteiger partial charge in [0.25, 0.3) is 5.91 Å². The zero-order valence-corrected chi connectivity index (χ0v) is 18.7. The third-order valence-electron chi connectivity index (χ3n) is 4.47. The molecule has 0 aliphatic carbocycles. The number of nitrogens with zero attached hydrogens (tertiary/aromatic N) is 2. The Bertz CT molecular complexity index is 985. The molecular weight excluding hydrogens is 412 g/mol. The highest BCUT2D eigenvalue weighted by atomic mass is 32.1. The second-order valence-corrected chi connectivity index (χ2v) is 8.48. The standard InChI is InChI=1S/C23H26N4O3S/c1-23(2,3)30-22(29)27-14-11-18(25-15-16-9-12-24-13-10-16)19(21(27)28)20(31)26-17-7-5-4-6-8-17/h4-10,12-13,25H,11,14-15H2,1-3H3,(H,26,31). The van der Waals surface area contributed by atoms with Crippen molar-refractivity contribution in [1.82, 2.24) is 15.2 Å². The smallest absolute Gasteiger partial charge is 0.417 e. The first-order chi connectivity index (χ1) is 14.7. The molecule has 1 aliphatic rings. The van der Waals surface area contributed by atoms with Crippen LogP contribution in [0.1, 0.15) is 32.8 Å². The summed E-state index contributed by atoms with van der Waals surface area (Å²) in [5.74, 6) is -0.480. The van der Waals surface area contributed by atoms with Gasteiger partial charge in [-0.05, 0) is 50.6 Å². The third kappa shape index (κ3) is 6.11. The topological polar surface area (TPSA) is 83.6 Å². The van der Waals surface area contributed by atoms with Crippen molar-refractivity contribution in [3.8, 4) is 0 Å². The molecule has 0 radical (unpaired) electrons. The van der Waals surface area contributed by atoms with Gasteiger partial charge in [0.1, 0.15) is 10.6 Å². The van der Waals surface area contributed by atoms with E-state index in [2.05, 4.69) is 15.6 Å². The first-order valence-electron chi connectivity index (χ1n) is 10.0. The minimum atomic E-state index is -0.704. The van der Waals surface area contributed by atoms with E-state index in [1.54, 1.807) is 33.2 Å². The summed E-state index contributed by atoms with van der Waals surface area (Å²) < 4.78 is 5.41. The van der Waals surface area contributed by atoms with Crippen LogP contribution in [0.25, 0.3) is 0 Å².